The first kappa shape index (κ1) is 11.3. The molecule has 1 amide bonds. The highest BCUT2D eigenvalue weighted by atomic mass is 19.4. The van der Waals surface area contributed by atoms with Crippen LogP contribution in [0.3, 0.4) is 0 Å². The SMILES string of the molecule is CC(C(=O)N1CC[C@@H](F)C1)C(F)(F)F. The highest BCUT2D eigenvalue weighted by Crippen LogP contribution is 2.28. The van der Waals surface area contributed by atoms with Crippen molar-refractivity contribution in [1.82, 2.24) is 4.90 Å². The van der Waals surface area contributed by atoms with Gasteiger partial charge in [-0.05, 0) is 13.3 Å². The molecule has 0 aliphatic carbocycles. The molecule has 0 spiro atoms. The Balaban J connectivity index is 2.57. The van der Waals surface area contributed by atoms with Gasteiger partial charge in [0.1, 0.15) is 12.1 Å². The van der Waals surface area contributed by atoms with Crippen molar-refractivity contribution in [3.63, 3.8) is 0 Å². The van der Waals surface area contributed by atoms with E-state index < -0.39 is 24.2 Å². The van der Waals surface area contributed by atoms with E-state index in [9.17, 15) is 22.4 Å². The van der Waals surface area contributed by atoms with Crippen LogP contribution < -0.4 is 0 Å². The Morgan fingerprint density at radius 1 is 1.50 bits per heavy atom. The Kier molecular flexibility index (Phi) is 3.01. The Morgan fingerprint density at radius 2 is 2.07 bits per heavy atom. The highest BCUT2D eigenvalue weighted by molar-refractivity contribution is 5.79. The van der Waals surface area contributed by atoms with Crippen molar-refractivity contribution >= 4 is 5.91 Å². The maximum atomic E-state index is 12.6. The van der Waals surface area contributed by atoms with E-state index in [4.69, 9.17) is 0 Å². The molecule has 0 bridgehead atoms. The second kappa shape index (κ2) is 3.74. The molecule has 1 heterocycles. The van der Waals surface area contributed by atoms with E-state index in [0.29, 0.717) is 0 Å². The van der Waals surface area contributed by atoms with Crippen molar-refractivity contribution in [3.05, 3.63) is 0 Å². The first-order valence-corrected chi connectivity index (χ1v) is 4.32. The fourth-order valence-corrected chi connectivity index (χ4v) is 1.33. The van der Waals surface area contributed by atoms with Crippen LogP contribution >= 0.6 is 0 Å². The standard InChI is InChI=1S/C8H11F4NO/c1-5(8(10,11)12)7(14)13-3-2-6(9)4-13/h5-6H,2-4H2,1H3/t5?,6-/m1/s1. The number of nitrogens with zero attached hydrogens (tertiary/aromatic N) is 1. The van der Waals surface area contributed by atoms with Crippen LogP contribution in [0.15, 0.2) is 0 Å². The molecule has 1 aliphatic rings. The second-order valence-electron chi connectivity index (χ2n) is 3.43. The monoisotopic (exact) mass is 213 g/mol. The van der Waals surface area contributed by atoms with E-state index in [1.807, 2.05) is 0 Å². The first-order valence-electron chi connectivity index (χ1n) is 4.32. The average molecular weight is 213 g/mol. The van der Waals surface area contributed by atoms with Gasteiger partial charge in [0.25, 0.3) is 0 Å². The van der Waals surface area contributed by atoms with E-state index in [1.54, 1.807) is 0 Å². The molecule has 2 nitrogen and oxygen atoms in total. The zero-order valence-electron chi connectivity index (χ0n) is 7.64. The van der Waals surface area contributed by atoms with Gasteiger partial charge in [0.15, 0.2) is 0 Å². The number of carbonyl (C=O) groups is 1. The number of carbonyl (C=O) groups excluding carboxylic acids is 1. The molecule has 0 saturated carbocycles. The number of amides is 1. The molecule has 2 atom stereocenters. The molecule has 1 rings (SSSR count). The van der Waals surface area contributed by atoms with Gasteiger partial charge < -0.3 is 4.90 Å². The van der Waals surface area contributed by atoms with Gasteiger partial charge in [-0.2, -0.15) is 13.2 Å². The normalized spacial score (nSPS) is 25.2. The van der Waals surface area contributed by atoms with Crippen molar-refractivity contribution in [1.29, 1.82) is 0 Å². The van der Waals surface area contributed by atoms with Gasteiger partial charge in [-0.3, -0.25) is 4.79 Å². The van der Waals surface area contributed by atoms with Crippen molar-refractivity contribution in [3.8, 4) is 0 Å². The lowest BCUT2D eigenvalue weighted by molar-refractivity contribution is -0.184. The Labute approximate surface area is 78.9 Å². The number of hydrogen-bond donors (Lipinski definition) is 0. The summed E-state index contributed by atoms with van der Waals surface area (Å²) in [5.74, 6) is -3.06. The second-order valence-corrected chi connectivity index (χ2v) is 3.43. The van der Waals surface area contributed by atoms with Crippen LogP contribution in [0.1, 0.15) is 13.3 Å². The lowest BCUT2D eigenvalue weighted by Crippen LogP contribution is -2.39. The first-order chi connectivity index (χ1) is 6.32. The van der Waals surface area contributed by atoms with Crippen LogP contribution in [0.25, 0.3) is 0 Å². The maximum Gasteiger partial charge on any atom is 0.400 e. The van der Waals surface area contributed by atoms with Crippen LogP contribution in [0.2, 0.25) is 0 Å². The zero-order valence-corrected chi connectivity index (χ0v) is 7.64. The number of likely N-dealkylation sites (tertiary alicyclic amines) is 1. The summed E-state index contributed by atoms with van der Waals surface area (Å²) >= 11 is 0. The third kappa shape index (κ3) is 2.36. The molecule has 0 radical (unpaired) electrons. The summed E-state index contributed by atoms with van der Waals surface area (Å²) in [5, 5.41) is 0. The van der Waals surface area contributed by atoms with E-state index >= 15 is 0 Å². The summed E-state index contributed by atoms with van der Waals surface area (Å²) in [5.41, 5.74) is 0. The van der Waals surface area contributed by atoms with Gasteiger partial charge in [0.2, 0.25) is 5.91 Å². The molecule has 1 saturated heterocycles. The average Bonchev–Trinajstić information content (AvgIpc) is 2.47. The lowest BCUT2D eigenvalue weighted by atomic mass is 10.1. The van der Waals surface area contributed by atoms with E-state index in [1.165, 1.54) is 0 Å². The minimum absolute atomic E-state index is 0.0837. The fourth-order valence-electron chi connectivity index (χ4n) is 1.33. The van der Waals surface area contributed by atoms with Crippen LogP contribution in [0.5, 0.6) is 0 Å². The third-order valence-electron chi connectivity index (χ3n) is 2.30. The van der Waals surface area contributed by atoms with Crippen LogP contribution in [0.4, 0.5) is 17.6 Å². The fraction of sp³-hybridized carbons (Fsp3) is 0.875. The highest BCUT2D eigenvalue weighted by Gasteiger charge is 2.44. The van der Waals surface area contributed by atoms with E-state index in [2.05, 4.69) is 0 Å². The van der Waals surface area contributed by atoms with Crippen molar-refractivity contribution in [2.24, 2.45) is 5.92 Å². The molecule has 82 valence electrons. The van der Waals surface area contributed by atoms with Crippen LogP contribution in [0, 0.1) is 5.92 Å². The van der Waals surface area contributed by atoms with Crippen LogP contribution in [-0.4, -0.2) is 36.2 Å². The van der Waals surface area contributed by atoms with E-state index in [-0.39, 0.29) is 19.5 Å². The smallest absolute Gasteiger partial charge is 0.339 e. The quantitative estimate of drug-likeness (QED) is 0.608. The van der Waals surface area contributed by atoms with E-state index in [0.717, 1.165) is 11.8 Å². The number of rotatable bonds is 1. The summed E-state index contributed by atoms with van der Waals surface area (Å²) in [6.07, 6.45) is -5.58. The van der Waals surface area contributed by atoms with Gasteiger partial charge in [0, 0.05) is 6.54 Å². The Hall–Kier alpha value is -0.810. The lowest BCUT2D eigenvalue weighted by Gasteiger charge is -2.21. The molecule has 0 aromatic rings. The minimum Gasteiger partial charge on any atom is -0.339 e. The molecule has 1 aliphatic heterocycles. The number of halogens is 4. The number of alkyl halides is 4. The molecular formula is C8H11F4NO. The summed E-state index contributed by atoms with van der Waals surface area (Å²) in [6, 6.07) is 0. The Bertz CT molecular complexity index is 228. The van der Waals surface area contributed by atoms with Gasteiger partial charge in [-0.25, -0.2) is 4.39 Å². The molecule has 0 aromatic carbocycles. The topological polar surface area (TPSA) is 20.3 Å². The summed E-state index contributed by atoms with van der Waals surface area (Å²) in [6.45, 7) is 0.674. The minimum atomic E-state index is -4.54. The molecule has 6 heteroatoms. The number of hydrogen-bond acceptors (Lipinski definition) is 1. The van der Waals surface area contributed by atoms with Crippen molar-refractivity contribution in [2.75, 3.05) is 13.1 Å². The zero-order chi connectivity index (χ0) is 10.9. The van der Waals surface area contributed by atoms with Gasteiger partial charge >= 0.3 is 6.18 Å². The van der Waals surface area contributed by atoms with Gasteiger partial charge in [0.05, 0.1) is 6.54 Å². The van der Waals surface area contributed by atoms with Crippen molar-refractivity contribution in [2.45, 2.75) is 25.7 Å². The molecule has 1 fully saturated rings. The predicted molar refractivity (Wildman–Crippen MR) is 41.3 cm³/mol. The molecular weight excluding hydrogens is 202 g/mol. The predicted octanol–water partition coefficient (Wildman–Crippen LogP) is 1.76. The summed E-state index contributed by atoms with van der Waals surface area (Å²) in [7, 11) is 0. The largest absolute Gasteiger partial charge is 0.400 e. The molecule has 1 unspecified atom stereocenters. The third-order valence-corrected chi connectivity index (χ3v) is 2.30. The summed E-state index contributed by atoms with van der Waals surface area (Å²) in [4.78, 5) is 12.1. The molecule has 0 aromatic heterocycles. The Morgan fingerprint density at radius 3 is 2.43 bits per heavy atom. The van der Waals surface area contributed by atoms with Crippen LogP contribution in [-0.2, 0) is 4.79 Å². The van der Waals surface area contributed by atoms with Crippen molar-refractivity contribution < 1.29 is 22.4 Å². The molecule has 0 N–H and O–H groups in total. The molecule has 14 heavy (non-hydrogen) atoms. The summed E-state index contributed by atoms with van der Waals surface area (Å²) < 4.78 is 48.9. The van der Waals surface area contributed by atoms with Gasteiger partial charge in [-0.15, -0.1) is 0 Å². The van der Waals surface area contributed by atoms with Gasteiger partial charge in [-0.1, -0.05) is 0 Å². The maximum absolute atomic E-state index is 12.6.